The second-order valence-electron chi connectivity index (χ2n) is 6.45. The Morgan fingerprint density at radius 2 is 2.04 bits per heavy atom. The Hall–Kier alpha value is -3.68. The lowest BCUT2D eigenvalue weighted by Crippen LogP contribution is -2.09. The topological polar surface area (TPSA) is 70.9 Å². The van der Waals surface area contributed by atoms with Gasteiger partial charge in [0.25, 0.3) is 0 Å². The van der Waals surface area contributed by atoms with Crippen LogP contribution in [0.4, 0.5) is 10.2 Å². The van der Waals surface area contributed by atoms with Crippen molar-refractivity contribution in [3.63, 3.8) is 0 Å². The fourth-order valence-corrected chi connectivity index (χ4v) is 3.20. The number of nitrogens with one attached hydrogen (secondary N) is 2. The zero-order valence-electron chi connectivity index (χ0n) is 14.7. The smallest absolute Gasteiger partial charge is 0.150 e. The van der Waals surface area contributed by atoms with E-state index in [0.717, 1.165) is 16.6 Å². The van der Waals surface area contributed by atoms with Crippen LogP contribution in [0.5, 0.6) is 0 Å². The molecular weight excluding hydrogens is 354 g/mol. The summed E-state index contributed by atoms with van der Waals surface area (Å²) in [4.78, 5) is 11.8. The van der Waals surface area contributed by atoms with Gasteiger partial charge in [-0.1, -0.05) is 18.2 Å². The predicted molar refractivity (Wildman–Crippen MR) is 107 cm³/mol. The molecule has 3 aromatic heterocycles. The Morgan fingerprint density at radius 1 is 1.14 bits per heavy atom. The third kappa shape index (κ3) is 2.79. The minimum Gasteiger partial charge on any atom is -0.366 e. The van der Waals surface area contributed by atoms with Crippen LogP contribution >= 0.6 is 0 Å². The molecule has 0 aliphatic carbocycles. The molecule has 0 amide bonds. The summed E-state index contributed by atoms with van der Waals surface area (Å²) in [5.74, 6) is 0.331. The number of halogens is 1. The molecule has 3 heterocycles. The van der Waals surface area contributed by atoms with Gasteiger partial charge >= 0.3 is 0 Å². The van der Waals surface area contributed by atoms with E-state index in [1.165, 1.54) is 12.3 Å². The summed E-state index contributed by atoms with van der Waals surface area (Å²) in [7, 11) is 6.01. The first-order valence-corrected chi connectivity index (χ1v) is 8.74. The Morgan fingerprint density at radius 3 is 2.93 bits per heavy atom. The average molecular weight is 368 g/mol. The minimum absolute atomic E-state index is 0.340. The van der Waals surface area contributed by atoms with Crippen LogP contribution in [0.1, 0.15) is 5.56 Å². The maximum atomic E-state index is 14.3. The fourth-order valence-electron chi connectivity index (χ4n) is 3.20. The Kier molecular flexibility index (Phi) is 3.82. The molecule has 5 aromatic rings. The molecule has 0 aliphatic rings. The van der Waals surface area contributed by atoms with Crippen molar-refractivity contribution >= 4 is 35.8 Å². The molecule has 134 valence electrons. The summed E-state index contributed by atoms with van der Waals surface area (Å²) in [5.41, 5.74) is 4.75. The largest absolute Gasteiger partial charge is 0.366 e. The second-order valence-corrected chi connectivity index (χ2v) is 6.45. The highest BCUT2D eigenvalue weighted by atomic mass is 19.1. The number of benzene rings is 2. The number of hydrogen-bond donors (Lipinski definition) is 2. The number of aromatic amines is 1. The van der Waals surface area contributed by atoms with Crippen molar-refractivity contribution in [1.29, 1.82) is 0 Å². The normalized spacial score (nSPS) is 11.3. The molecule has 8 heteroatoms. The summed E-state index contributed by atoms with van der Waals surface area (Å²) in [6.45, 7) is 0.546. The summed E-state index contributed by atoms with van der Waals surface area (Å²) in [6.07, 6.45) is 3.21. The molecule has 0 bridgehead atoms. The summed E-state index contributed by atoms with van der Waals surface area (Å²) < 4.78 is 15.9. The van der Waals surface area contributed by atoms with E-state index in [-0.39, 0.29) is 5.82 Å². The van der Waals surface area contributed by atoms with Crippen LogP contribution in [0.15, 0.2) is 61.1 Å². The van der Waals surface area contributed by atoms with E-state index in [1.807, 2.05) is 18.2 Å². The van der Waals surface area contributed by atoms with Crippen LogP contribution in [-0.2, 0) is 6.54 Å². The van der Waals surface area contributed by atoms with Gasteiger partial charge in [-0.3, -0.25) is 0 Å². The lowest BCUT2D eigenvalue weighted by Gasteiger charge is -2.12. The summed E-state index contributed by atoms with van der Waals surface area (Å²) >= 11 is 0. The molecule has 0 saturated heterocycles. The monoisotopic (exact) mass is 368 g/mol. The molecule has 2 radical (unpaired) electrons. The number of hydrogen-bond acceptors (Lipinski definition) is 4. The van der Waals surface area contributed by atoms with Gasteiger partial charge in [-0.15, -0.1) is 0 Å². The highest BCUT2D eigenvalue weighted by Crippen LogP contribution is 2.24. The van der Waals surface area contributed by atoms with Crippen LogP contribution in [0.25, 0.3) is 27.9 Å². The first kappa shape index (κ1) is 16.5. The van der Waals surface area contributed by atoms with Gasteiger partial charge in [0.05, 0.1) is 23.1 Å². The zero-order chi connectivity index (χ0) is 19.1. The summed E-state index contributed by atoms with van der Waals surface area (Å²) in [6, 6.07) is 14.3. The van der Waals surface area contributed by atoms with Gasteiger partial charge in [0.1, 0.15) is 19.5 Å². The van der Waals surface area contributed by atoms with E-state index >= 15 is 0 Å². The number of aromatic nitrogens is 5. The molecular formula is C20H14BFN6. The molecule has 0 fully saturated rings. The molecule has 0 atom stereocenters. The highest BCUT2D eigenvalue weighted by Gasteiger charge is 2.13. The highest BCUT2D eigenvalue weighted by molar-refractivity contribution is 6.36. The minimum atomic E-state index is -0.340. The van der Waals surface area contributed by atoms with Gasteiger partial charge in [0.2, 0.25) is 0 Å². The van der Waals surface area contributed by atoms with Crippen LogP contribution in [0, 0.1) is 5.82 Å². The van der Waals surface area contributed by atoms with Gasteiger partial charge in [0.15, 0.2) is 5.65 Å². The number of rotatable bonds is 4. The number of imidazole rings is 1. The van der Waals surface area contributed by atoms with Crippen molar-refractivity contribution < 1.29 is 4.39 Å². The SMILES string of the molecule is [B]c1cnn2c(NCc3ccc4nc[nH]c4c3)cc(-c3ccccc3F)nc12. The molecule has 2 aromatic carbocycles. The number of H-pyrrole nitrogens is 1. The van der Waals surface area contributed by atoms with Crippen LogP contribution in [-0.4, -0.2) is 32.4 Å². The quantitative estimate of drug-likeness (QED) is 0.479. The molecule has 0 spiro atoms. The van der Waals surface area contributed by atoms with E-state index in [4.69, 9.17) is 7.85 Å². The number of fused-ring (bicyclic) bond motifs is 2. The maximum absolute atomic E-state index is 14.3. The standard InChI is InChI=1S/C20H14BFN6/c21-14-10-26-28-19(23-9-12-5-6-16-18(7-12)25-11-24-16)8-17(27-20(14)28)13-3-1-2-4-15(13)22/h1-8,10-11,23H,9H2,(H,24,25). The maximum Gasteiger partial charge on any atom is 0.150 e. The third-order valence-corrected chi connectivity index (χ3v) is 4.61. The van der Waals surface area contributed by atoms with Crippen molar-refractivity contribution in [2.45, 2.75) is 6.54 Å². The average Bonchev–Trinajstić information content (AvgIpc) is 3.33. The van der Waals surface area contributed by atoms with E-state index in [1.54, 1.807) is 35.1 Å². The molecule has 28 heavy (non-hydrogen) atoms. The number of nitrogens with zero attached hydrogens (tertiary/aromatic N) is 4. The van der Waals surface area contributed by atoms with E-state index in [0.29, 0.717) is 34.7 Å². The molecule has 0 aliphatic heterocycles. The van der Waals surface area contributed by atoms with E-state index in [2.05, 4.69) is 25.4 Å². The van der Waals surface area contributed by atoms with Crippen LogP contribution in [0.2, 0.25) is 0 Å². The molecule has 0 unspecified atom stereocenters. The van der Waals surface area contributed by atoms with Crippen molar-refractivity contribution in [2.24, 2.45) is 0 Å². The van der Waals surface area contributed by atoms with Gasteiger partial charge in [0, 0.05) is 24.4 Å². The fraction of sp³-hybridized carbons (Fsp3) is 0.0500. The van der Waals surface area contributed by atoms with Crippen LogP contribution in [0.3, 0.4) is 0 Å². The molecule has 0 saturated carbocycles. The Labute approximate surface area is 160 Å². The first-order valence-electron chi connectivity index (χ1n) is 8.74. The van der Waals surface area contributed by atoms with Gasteiger partial charge in [-0.25, -0.2) is 14.4 Å². The van der Waals surface area contributed by atoms with Crippen molar-refractivity contribution in [2.75, 3.05) is 5.32 Å². The summed E-state index contributed by atoms with van der Waals surface area (Å²) in [5, 5.41) is 7.64. The lowest BCUT2D eigenvalue weighted by molar-refractivity contribution is 0.630. The van der Waals surface area contributed by atoms with Crippen molar-refractivity contribution in [3.8, 4) is 11.3 Å². The van der Waals surface area contributed by atoms with E-state index in [9.17, 15) is 4.39 Å². The Bertz CT molecular complexity index is 1310. The zero-order valence-corrected chi connectivity index (χ0v) is 14.7. The van der Waals surface area contributed by atoms with Gasteiger partial charge < -0.3 is 10.3 Å². The second kappa shape index (κ2) is 6.49. The van der Waals surface area contributed by atoms with Gasteiger partial charge in [-0.05, 0) is 35.3 Å². The third-order valence-electron chi connectivity index (χ3n) is 4.61. The van der Waals surface area contributed by atoms with Crippen LogP contribution < -0.4 is 10.8 Å². The molecule has 5 rings (SSSR count). The van der Waals surface area contributed by atoms with Gasteiger partial charge in [-0.2, -0.15) is 9.61 Å². The first-order chi connectivity index (χ1) is 13.7. The molecule has 6 nitrogen and oxygen atoms in total. The van der Waals surface area contributed by atoms with E-state index < -0.39 is 0 Å². The number of anilines is 1. The predicted octanol–water partition coefficient (Wildman–Crippen LogP) is 2.82. The Balaban J connectivity index is 1.55. The lowest BCUT2D eigenvalue weighted by atomic mass is 10.0. The van der Waals surface area contributed by atoms with Crippen molar-refractivity contribution in [1.82, 2.24) is 24.6 Å². The van der Waals surface area contributed by atoms with Crippen molar-refractivity contribution in [3.05, 3.63) is 72.4 Å². The molecule has 2 N–H and O–H groups in total.